The van der Waals surface area contributed by atoms with Crippen LogP contribution in [0.15, 0.2) is 101 Å². The minimum Gasteiger partial charge on any atom is -0.496 e. The lowest BCUT2D eigenvalue weighted by atomic mass is 10.0. The first-order valence-electron chi connectivity index (χ1n) is 10.9. The van der Waals surface area contributed by atoms with Gasteiger partial charge in [-0.3, -0.25) is 20.4 Å². The number of carbonyl (C=O) groups is 2. The molecule has 0 atom stereocenters. The van der Waals surface area contributed by atoms with Crippen molar-refractivity contribution in [2.45, 2.75) is 6.61 Å². The fourth-order valence-corrected chi connectivity index (χ4v) is 3.33. The van der Waals surface area contributed by atoms with Crippen LogP contribution in [0, 0.1) is 0 Å². The van der Waals surface area contributed by atoms with Gasteiger partial charge in [0.1, 0.15) is 23.9 Å². The standard InChI is InChI=1S/C28H24N2O5/c1-33-25-15-9-8-12-21(25)18-24(20-10-4-2-5-11-20)27(31)29-30-28(32)26-17-16-23(35-26)19-34-22-13-6-3-7-14-22/h2-18H,19H2,1H3,(H,29,31)(H,30,32)/b24-18+. The quantitative estimate of drug-likeness (QED) is 0.219. The van der Waals surface area contributed by atoms with Crippen LogP contribution in [0.5, 0.6) is 11.5 Å². The minimum absolute atomic E-state index is 0.0481. The maximum absolute atomic E-state index is 13.1. The molecule has 0 aliphatic heterocycles. The molecule has 0 bridgehead atoms. The lowest BCUT2D eigenvalue weighted by molar-refractivity contribution is -0.116. The second-order valence-corrected chi connectivity index (χ2v) is 7.44. The van der Waals surface area contributed by atoms with Gasteiger partial charge < -0.3 is 13.9 Å². The molecule has 7 nitrogen and oxygen atoms in total. The smallest absolute Gasteiger partial charge is 0.305 e. The molecule has 35 heavy (non-hydrogen) atoms. The van der Waals surface area contributed by atoms with E-state index in [-0.39, 0.29) is 12.4 Å². The van der Waals surface area contributed by atoms with Gasteiger partial charge in [-0.05, 0) is 42.0 Å². The Morgan fingerprint density at radius 2 is 1.51 bits per heavy atom. The molecule has 0 aliphatic rings. The van der Waals surface area contributed by atoms with E-state index in [4.69, 9.17) is 13.9 Å². The molecule has 0 unspecified atom stereocenters. The third-order valence-electron chi connectivity index (χ3n) is 5.07. The summed E-state index contributed by atoms with van der Waals surface area (Å²) in [6.45, 7) is 0.170. The van der Waals surface area contributed by atoms with Crippen molar-refractivity contribution in [1.29, 1.82) is 0 Å². The number of rotatable bonds is 8. The average molecular weight is 469 g/mol. The lowest BCUT2D eigenvalue weighted by Gasteiger charge is -2.11. The largest absolute Gasteiger partial charge is 0.496 e. The van der Waals surface area contributed by atoms with Crippen LogP contribution in [0.4, 0.5) is 0 Å². The maximum Gasteiger partial charge on any atom is 0.305 e. The van der Waals surface area contributed by atoms with Crippen LogP contribution in [0.2, 0.25) is 0 Å². The highest BCUT2D eigenvalue weighted by Crippen LogP contribution is 2.24. The predicted octanol–water partition coefficient (Wildman–Crippen LogP) is 4.87. The van der Waals surface area contributed by atoms with Gasteiger partial charge in [0.25, 0.3) is 5.91 Å². The Labute approximate surface area is 203 Å². The van der Waals surface area contributed by atoms with Crippen LogP contribution in [-0.2, 0) is 11.4 Å². The van der Waals surface area contributed by atoms with Crippen LogP contribution in [-0.4, -0.2) is 18.9 Å². The van der Waals surface area contributed by atoms with Gasteiger partial charge in [0.15, 0.2) is 5.76 Å². The van der Waals surface area contributed by atoms with E-state index in [1.165, 1.54) is 6.07 Å². The number of para-hydroxylation sites is 2. The second-order valence-electron chi connectivity index (χ2n) is 7.44. The van der Waals surface area contributed by atoms with E-state index in [1.54, 1.807) is 19.3 Å². The molecule has 0 fully saturated rings. The van der Waals surface area contributed by atoms with Gasteiger partial charge in [0, 0.05) is 11.1 Å². The van der Waals surface area contributed by atoms with E-state index < -0.39 is 11.8 Å². The first-order chi connectivity index (χ1) is 17.1. The molecule has 2 N–H and O–H groups in total. The molecular weight excluding hydrogens is 444 g/mol. The first-order valence-corrected chi connectivity index (χ1v) is 10.9. The molecule has 1 heterocycles. The Hall–Kier alpha value is -4.78. The molecule has 4 rings (SSSR count). The Morgan fingerprint density at radius 1 is 0.829 bits per heavy atom. The van der Waals surface area contributed by atoms with Crippen molar-refractivity contribution < 1.29 is 23.5 Å². The number of furan rings is 1. The van der Waals surface area contributed by atoms with Gasteiger partial charge in [0.2, 0.25) is 0 Å². The number of nitrogens with one attached hydrogen (secondary N) is 2. The number of hydrazine groups is 1. The first kappa shape index (κ1) is 23.4. The SMILES string of the molecule is COc1ccccc1/C=C(/C(=O)NNC(=O)c1ccc(COc2ccccc2)o1)c1ccccc1. The molecule has 2 amide bonds. The molecule has 0 saturated heterocycles. The summed E-state index contributed by atoms with van der Waals surface area (Å²) >= 11 is 0. The van der Waals surface area contributed by atoms with E-state index in [0.29, 0.717) is 28.4 Å². The number of ether oxygens (including phenoxy) is 2. The summed E-state index contributed by atoms with van der Waals surface area (Å²) in [4.78, 5) is 25.6. The minimum atomic E-state index is -0.589. The molecule has 176 valence electrons. The second kappa shape index (κ2) is 11.4. The van der Waals surface area contributed by atoms with Crippen molar-refractivity contribution in [3.8, 4) is 11.5 Å². The monoisotopic (exact) mass is 468 g/mol. The molecular formula is C28H24N2O5. The van der Waals surface area contributed by atoms with E-state index in [9.17, 15) is 9.59 Å². The van der Waals surface area contributed by atoms with Gasteiger partial charge in [0.05, 0.1) is 7.11 Å². The fraction of sp³-hybridized carbons (Fsp3) is 0.0714. The summed E-state index contributed by atoms with van der Waals surface area (Å²) in [6.07, 6.45) is 1.71. The Kier molecular flexibility index (Phi) is 7.60. The molecule has 0 saturated carbocycles. The zero-order valence-corrected chi connectivity index (χ0v) is 19.1. The highest BCUT2D eigenvalue weighted by Gasteiger charge is 2.17. The van der Waals surface area contributed by atoms with Crippen molar-refractivity contribution in [1.82, 2.24) is 10.9 Å². The van der Waals surface area contributed by atoms with Gasteiger partial charge >= 0.3 is 5.91 Å². The van der Waals surface area contributed by atoms with Crippen LogP contribution < -0.4 is 20.3 Å². The normalized spacial score (nSPS) is 10.9. The van der Waals surface area contributed by atoms with Crippen LogP contribution in [0.25, 0.3) is 11.6 Å². The molecule has 0 radical (unpaired) electrons. The van der Waals surface area contributed by atoms with Crippen LogP contribution >= 0.6 is 0 Å². The van der Waals surface area contributed by atoms with Crippen LogP contribution in [0.3, 0.4) is 0 Å². The topological polar surface area (TPSA) is 89.8 Å². The van der Waals surface area contributed by atoms with Crippen LogP contribution in [0.1, 0.15) is 27.4 Å². The summed E-state index contributed by atoms with van der Waals surface area (Å²) in [5.41, 5.74) is 6.63. The number of hydrogen-bond donors (Lipinski definition) is 2. The van der Waals surface area contributed by atoms with E-state index in [0.717, 1.165) is 5.56 Å². The van der Waals surface area contributed by atoms with Crippen molar-refractivity contribution >= 4 is 23.5 Å². The predicted molar refractivity (Wildman–Crippen MR) is 132 cm³/mol. The van der Waals surface area contributed by atoms with Crippen molar-refractivity contribution in [2.24, 2.45) is 0 Å². The van der Waals surface area contributed by atoms with Crippen molar-refractivity contribution in [3.63, 3.8) is 0 Å². The maximum atomic E-state index is 13.1. The molecule has 1 aromatic heterocycles. The fourth-order valence-electron chi connectivity index (χ4n) is 3.33. The molecule has 0 aliphatic carbocycles. The third-order valence-corrected chi connectivity index (χ3v) is 5.07. The summed E-state index contributed by atoms with van der Waals surface area (Å²) in [6, 6.07) is 29.0. The number of benzene rings is 3. The van der Waals surface area contributed by atoms with E-state index in [2.05, 4.69) is 10.9 Å². The number of hydrogen-bond acceptors (Lipinski definition) is 5. The zero-order valence-electron chi connectivity index (χ0n) is 19.1. The zero-order chi connectivity index (χ0) is 24.5. The summed E-state index contributed by atoms with van der Waals surface area (Å²) in [5, 5.41) is 0. The van der Waals surface area contributed by atoms with Gasteiger partial charge in [-0.1, -0.05) is 66.7 Å². The van der Waals surface area contributed by atoms with Crippen molar-refractivity contribution in [2.75, 3.05) is 7.11 Å². The van der Waals surface area contributed by atoms with Gasteiger partial charge in [-0.15, -0.1) is 0 Å². The van der Waals surface area contributed by atoms with E-state index in [1.807, 2.05) is 84.9 Å². The Bertz CT molecular complexity index is 1310. The van der Waals surface area contributed by atoms with Crippen molar-refractivity contribution in [3.05, 3.63) is 120 Å². The third kappa shape index (κ3) is 6.17. The highest BCUT2D eigenvalue weighted by molar-refractivity contribution is 6.24. The Balaban J connectivity index is 1.44. The molecule has 4 aromatic rings. The summed E-state index contributed by atoms with van der Waals surface area (Å²) in [7, 11) is 1.57. The average Bonchev–Trinajstić information content (AvgIpc) is 3.39. The number of amides is 2. The number of methoxy groups -OCH3 is 1. The number of carbonyl (C=O) groups excluding carboxylic acids is 2. The molecule has 7 heteroatoms. The molecule has 3 aromatic carbocycles. The summed E-state index contributed by atoms with van der Waals surface area (Å²) < 4.78 is 16.6. The van der Waals surface area contributed by atoms with E-state index >= 15 is 0 Å². The van der Waals surface area contributed by atoms with Gasteiger partial charge in [-0.25, -0.2) is 0 Å². The lowest BCUT2D eigenvalue weighted by Crippen LogP contribution is -2.41. The molecule has 0 spiro atoms. The van der Waals surface area contributed by atoms with Gasteiger partial charge in [-0.2, -0.15) is 0 Å². The highest BCUT2D eigenvalue weighted by atomic mass is 16.5. The summed E-state index contributed by atoms with van der Waals surface area (Å²) in [5.74, 6) is 0.762. The Morgan fingerprint density at radius 3 is 2.26 bits per heavy atom.